The highest BCUT2D eigenvalue weighted by molar-refractivity contribution is 5.81. The third-order valence-electron chi connectivity index (χ3n) is 3.84. The third kappa shape index (κ3) is 3.90. The summed E-state index contributed by atoms with van der Waals surface area (Å²) in [6.45, 7) is 3.03. The Morgan fingerprint density at radius 1 is 1.39 bits per heavy atom. The zero-order chi connectivity index (χ0) is 16.2. The van der Waals surface area contributed by atoms with Gasteiger partial charge in [0.05, 0.1) is 6.10 Å². The molecule has 3 rings (SSSR count). The Balaban J connectivity index is 1.58. The molecule has 0 bridgehead atoms. The van der Waals surface area contributed by atoms with Crippen LogP contribution in [0.3, 0.4) is 0 Å². The summed E-state index contributed by atoms with van der Waals surface area (Å²) >= 11 is 0. The van der Waals surface area contributed by atoms with Gasteiger partial charge in [-0.1, -0.05) is 0 Å². The molecule has 0 aliphatic carbocycles. The van der Waals surface area contributed by atoms with Crippen LogP contribution < -0.4 is 15.7 Å². The van der Waals surface area contributed by atoms with Crippen LogP contribution in [-0.4, -0.2) is 31.8 Å². The van der Waals surface area contributed by atoms with Gasteiger partial charge in [-0.05, 0) is 37.5 Å². The number of nitrogens with one attached hydrogen (secondary N) is 1. The number of carbonyl (C=O) groups is 1. The van der Waals surface area contributed by atoms with E-state index in [-0.39, 0.29) is 18.6 Å². The molecule has 1 saturated heterocycles. The average molecular weight is 317 g/mol. The summed E-state index contributed by atoms with van der Waals surface area (Å²) in [7, 11) is 0. The standard InChI is InChI=1S/C17H19NO5/c1-11-7-17(20)23-15-8-12(4-5-14(11)15)22-10-16(19)18-9-13-3-2-6-21-13/h4-5,7-8,13H,2-3,6,9-10H2,1H3,(H,18,19)/t13-/m0/s1. The molecule has 1 amide bonds. The molecule has 1 aliphatic heterocycles. The van der Waals surface area contributed by atoms with E-state index in [1.54, 1.807) is 12.1 Å². The van der Waals surface area contributed by atoms with Gasteiger partial charge in [0.15, 0.2) is 6.61 Å². The van der Waals surface area contributed by atoms with Gasteiger partial charge in [0.25, 0.3) is 5.91 Å². The van der Waals surface area contributed by atoms with E-state index < -0.39 is 5.63 Å². The Labute approximate surface area is 133 Å². The van der Waals surface area contributed by atoms with E-state index in [1.165, 1.54) is 6.07 Å². The van der Waals surface area contributed by atoms with Gasteiger partial charge in [-0.3, -0.25) is 4.79 Å². The van der Waals surface area contributed by atoms with Gasteiger partial charge in [-0.2, -0.15) is 0 Å². The SMILES string of the molecule is Cc1cc(=O)oc2cc(OCC(=O)NC[C@@H]3CCCO3)ccc12. The first-order valence-corrected chi connectivity index (χ1v) is 7.67. The van der Waals surface area contributed by atoms with E-state index >= 15 is 0 Å². The van der Waals surface area contributed by atoms with Crippen molar-refractivity contribution in [1.82, 2.24) is 5.32 Å². The Bertz CT molecular complexity index is 761. The van der Waals surface area contributed by atoms with E-state index in [0.29, 0.717) is 17.9 Å². The van der Waals surface area contributed by atoms with E-state index in [2.05, 4.69) is 5.32 Å². The number of ether oxygens (including phenoxy) is 2. The number of rotatable bonds is 5. The van der Waals surface area contributed by atoms with Gasteiger partial charge in [-0.25, -0.2) is 4.79 Å². The minimum absolute atomic E-state index is 0.0890. The van der Waals surface area contributed by atoms with Gasteiger partial charge in [0.1, 0.15) is 11.3 Å². The maximum atomic E-state index is 11.8. The van der Waals surface area contributed by atoms with Crippen molar-refractivity contribution in [3.8, 4) is 5.75 Å². The highest BCUT2D eigenvalue weighted by Gasteiger charge is 2.16. The second-order valence-corrected chi connectivity index (χ2v) is 5.63. The van der Waals surface area contributed by atoms with Gasteiger partial charge in [0.2, 0.25) is 0 Å². The predicted molar refractivity (Wildman–Crippen MR) is 84.7 cm³/mol. The van der Waals surface area contributed by atoms with Crippen molar-refractivity contribution >= 4 is 16.9 Å². The first-order valence-electron chi connectivity index (χ1n) is 7.67. The summed E-state index contributed by atoms with van der Waals surface area (Å²) in [6, 6.07) is 6.63. The minimum Gasteiger partial charge on any atom is -0.484 e. The fourth-order valence-corrected chi connectivity index (χ4v) is 2.63. The van der Waals surface area contributed by atoms with E-state index in [4.69, 9.17) is 13.9 Å². The zero-order valence-corrected chi connectivity index (χ0v) is 13.0. The van der Waals surface area contributed by atoms with Crippen molar-refractivity contribution in [2.45, 2.75) is 25.9 Å². The van der Waals surface area contributed by atoms with E-state index in [9.17, 15) is 9.59 Å². The molecule has 0 saturated carbocycles. The third-order valence-corrected chi connectivity index (χ3v) is 3.84. The summed E-state index contributed by atoms with van der Waals surface area (Å²) < 4.78 is 16.0. The highest BCUT2D eigenvalue weighted by Crippen LogP contribution is 2.22. The van der Waals surface area contributed by atoms with Crippen LogP contribution >= 0.6 is 0 Å². The largest absolute Gasteiger partial charge is 0.484 e. The summed E-state index contributed by atoms with van der Waals surface area (Å²) in [5.41, 5.74) is 0.894. The van der Waals surface area contributed by atoms with Crippen molar-refractivity contribution in [3.63, 3.8) is 0 Å². The lowest BCUT2D eigenvalue weighted by Crippen LogP contribution is -2.35. The molecular formula is C17H19NO5. The second kappa shape index (κ2) is 6.83. The van der Waals surface area contributed by atoms with Crippen LogP contribution in [-0.2, 0) is 9.53 Å². The first kappa shape index (κ1) is 15.6. The number of fused-ring (bicyclic) bond motifs is 1. The number of benzene rings is 1. The molecule has 1 N–H and O–H groups in total. The number of aryl methyl sites for hydroxylation is 1. The first-order chi connectivity index (χ1) is 11.1. The molecule has 1 aromatic heterocycles. The highest BCUT2D eigenvalue weighted by atomic mass is 16.5. The van der Waals surface area contributed by atoms with Crippen molar-refractivity contribution < 1.29 is 18.7 Å². The maximum Gasteiger partial charge on any atom is 0.336 e. The quantitative estimate of drug-likeness (QED) is 0.851. The number of amides is 1. The molecule has 6 heteroatoms. The Morgan fingerprint density at radius 2 is 2.26 bits per heavy atom. The van der Waals surface area contributed by atoms with Crippen molar-refractivity contribution in [1.29, 1.82) is 0 Å². The lowest BCUT2D eigenvalue weighted by molar-refractivity contribution is -0.123. The number of hydrogen-bond donors (Lipinski definition) is 1. The van der Waals surface area contributed by atoms with E-state index in [1.807, 2.05) is 13.0 Å². The molecule has 0 radical (unpaired) electrons. The summed E-state index contributed by atoms with van der Waals surface area (Å²) in [5.74, 6) is 0.282. The average Bonchev–Trinajstić information content (AvgIpc) is 3.03. The normalized spacial score (nSPS) is 17.3. The van der Waals surface area contributed by atoms with Crippen LogP contribution in [0.15, 0.2) is 33.5 Å². The molecule has 0 spiro atoms. The van der Waals surface area contributed by atoms with Crippen LogP contribution in [0.2, 0.25) is 0 Å². The molecule has 1 aliphatic rings. The zero-order valence-electron chi connectivity index (χ0n) is 13.0. The molecular weight excluding hydrogens is 298 g/mol. The molecule has 1 aromatic carbocycles. The molecule has 6 nitrogen and oxygen atoms in total. The molecule has 1 atom stereocenters. The second-order valence-electron chi connectivity index (χ2n) is 5.63. The smallest absolute Gasteiger partial charge is 0.336 e. The van der Waals surface area contributed by atoms with E-state index in [0.717, 1.165) is 30.4 Å². The van der Waals surface area contributed by atoms with Crippen LogP contribution in [0.25, 0.3) is 11.0 Å². The van der Waals surface area contributed by atoms with Gasteiger partial charge >= 0.3 is 5.63 Å². The summed E-state index contributed by atoms with van der Waals surface area (Å²) in [4.78, 5) is 23.2. The fourth-order valence-electron chi connectivity index (χ4n) is 2.63. The monoisotopic (exact) mass is 317 g/mol. The van der Waals surface area contributed by atoms with Crippen LogP contribution in [0.5, 0.6) is 5.75 Å². The van der Waals surface area contributed by atoms with Crippen molar-refractivity contribution in [2.75, 3.05) is 19.8 Å². The fraction of sp³-hybridized carbons (Fsp3) is 0.412. The molecule has 2 aromatic rings. The van der Waals surface area contributed by atoms with Gasteiger partial charge in [0, 0.05) is 30.7 Å². The van der Waals surface area contributed by atoms with Crippen LogP contribution in [0.4, 0.5) is 0 Å². The van der Waals surface area contributed by atoms with Crippen molar-refractivity contribution in [2.24, 2.45) is 0 Å². The predicted octanol–water partition coefficient (Wildman–Crippen LogP) is 1.78. The minimum atomic E-state index is -0.401. The topological polar surface area (TPSA) is 77.8 Å². The number of hydrogen-bond acceptors (Lipinski definition) is 5. The Morgan fingerprint density at radius 3 is 3.04 bits per heavy atom. The Kier molecular flexibility index (Phi) is 4.62. The lowest BCUT2D eigenvalue weighted by Gasteiger charge is -2.11. The molecule has 0 unspecified atom stereocenters. The summed E-state index contributed by atoms with van der Waals surface area (Å²) in [5, 5.41) is 3.63. The molecule has 23 heavy (non-hydrogen) atoms. The maximum absolute atomic E-state index is 11.8. The van der Waals surface area contributed by atoms with Gasteiger partial charge < -0.3 is 19.2 Å². The summed E-state index contributed by atoms with van der Waals surface area (Å²) in [6.07, 6.45) is 2.13. The van der Waals surface area contributed by atoms with Crippen LogP contribution in [0.1, 0.15) is 18.4 Å². The lowest BCUT2D eigenvalue weighted by atomic mass is 10.1. The molecule has 2 heterocycles. The Hall–Kier alpha value is -2.34. The van der Waals surface area contributed by atoms with Crippen LogP contribution in [0, 0.1) is 6.92 Å². The molecule has 122 valence electrons. The van der Waals surface area contributed by atoms with Crippen molar-refractivity contribution in [3.05, 3.63) is 40.2 Å². The van der Waals surface area contributed by atoms with Gasteiger partial charge in [-0.15, -0.1) is 0 Å². The molecule has 1 fully saturated rings. The number of carbonyl (C=O) groups excluding carboxylic acids is 1.